The van der Waals surface area contributed by atoms with Crippen molar-refractivity contribution in [3.63, 3.8) is 0 Å². The zero-order chi connectivity index (χ0) is 8.97. The van der Waals surface area contributed by atoms with Gasteiger partial charge < -0.3 is 10.2 Å². The molecule has 0 aliphatic rings. The van der Waals surface area contributed by atoms with Crippen LogP contribution < -0.4 is 0 Å². The number of aliphatic hydroxyl groups is 1. The van der Waals surface area contributed by atoms with E-state index in [4.69, 9.17) is 10.2 Å². The Bertz CT molecular complexity index is 331. The summed E-state index contributed by atoms with van der Waals surface area (Å²) >= 11 is 0. The van der Waals surface area contributed by atoms with Gasteiger partial charge in [0, 0.05) is 5.56 Å². The van der Waals surface area contributed by atoms with E-state index in [1.165, 1.54) is 0 Å². The van der Waals surface area contributed by atoms with Crippen LogP contribution in [0.5, 0.6) is 5.75 Å². The van der Waals surface area contributed by atoms with E-state index in [2.05, 4.69) is 11.8 Å². The molecular weight excluding hydrogens is 152 g/mol. The number of phenolic OH excluding ortho intramolecular Hbond substituents is 1. The Morgan fingerprint density at radius 1 is 1.42 bits per heavy atom. The number of aromatic hydroxyl groups is 1. The average molecular weight is 162 g/mol. The highest BCUT2D eigenvalue weighted by atomic mass is 16.3. The number of phenols is 1. The van der Waals surface area contributed by atoms with Crippen LogP contribution in [0.2, 0.25) is 0 Å². The van der Waals surface area contributed by atoms with E-state index in [-0.39, 0.29) is 12.4 Å². The van der Waals surface area contributed by atoms with Crippen LogP contribution >= 0.6 is 0 Å². The fourth-order valence-corrected chi connectivity index (χ4v) is 0.879. The van der Waals surface area contributed by atoms with Gasteiger partial charge in [-0.3, -0.25) is 0 Å². The average Bonchev–Trinajstić information content (AvgIpc) is 2.07. The number of hydrogen-bond acceptors (Lipinski definition) is 2. The highest BCUT2D eigenvalue weighted by Crippen LogP contribution is 2.14. The smallest absolute Gasteiger partial charge is 0.116 e. The molecule has 0 amide bonds. The van der Waals surface area contributed by atoms with Crippen molar-refractivity contribution < 1.29 is 10.2 Å². The standard InChI is InChI=1S/C10H10O2/c1-8-4-5-10(12)7-9(8)3-2-6-11/h4-5,7,11-12H,6H2,1H3. The summed E-state index contributed by atoms with van der Waals surface area (Å²) in [4.78, 5) is 0. The minimum atomic E-state index is -0.158. The Morgan fingerprint density at radius 2 is 2.17 bits per heavy atom. The Balaban J connectivity index is 3.05. The summed E-state index contributed by atoms with van der Waals surface area (Å²) in [6, 6.07) is 4.98. The second kappa shape index (κ2) is 3.80. The second-order valence-electron chi connectivity index (χ2n) is 2.46. The lowest BCUT2D eigenvalue weighted by Crippen LogP contribution is -1.82. The van der Waals surface area contributed by atoms with Crippen LogP contribution in [0.3, 0.4) is 0 Å². The summed E-state index contributed by atoms with van der Waals surface area (Å²) < 4.78 is 0. The van der Waals surface area contributed by atoms with E-state index in [1.807, 2.05) is 6.92 Å². The molecule has 0 spiro atoms. The lowest BCUT2D eigenvalue weighted by molar-refractivity contribution is 0.350. The lowest BCUT2D eigenvalue weighted by atomic mass is 10.1. The van der Waals surface area contributed by atoms with Crippen molar-refractivity contribution in [2.75, 3.05) is 6.61 Å². The van der Waals surface area contributed by atoms with E-state index in [0.717, 1.165) is 11.1 Å². The predicted molar refractivity (Wildman–Crippen MR) is 46.8 cm³/mol. The molecule has 0 fully saturated rings. The molecule has 0 heterocycles. The Morgan fingerprint density at radius 3 is 2.83 bits per heavy atom. The number of rotatable bonds is 0. The van der Waals surface area contributed by atoms with E-state index in [1.54, 1.807) is 18.2 Å². The molecule has 1 aromatic carbocycles. The van der Waals surface area contributed by atoms with Crippen LogP contribution in [0.4, 0.5) is 0 Å². The van der Waals surface area contributed by atoms with Gasteiger partial charge in [0.2, 0.25) is 0 Å². The molecule has 0 atom stereocenters. The molecule has 2 N–H and O–H groups in total. The molecular formula is C10H10O2. The molecule has 1 rings (SSSR count). The van der Waals surface area contributed by atoms with E-state index in [9.17, 15) is 0 Å². The number of hydrogen-bond donors (Lipinski definition) is 2. The Hall–Kier alpha value is -1.46. The first-order valence-corrected chi connectivity index (χ1v) is 3.63. The summed E-state index contributed by atoms with van der Waals surface area (Å²) in [6.45, 7) is 1.75. The van der Waals surface area contributed by atoms with Gasteiger partial charge in [0.1, 0.15) is 12.4 Å². The molecule has 0 aromatic heterocycles. The molecule has 0 saturated carbocycles. The molecule has 0 aliphatic heterocycles. The minimum Gasteiger partial charge on any atom is -0.508 e. The van der Waals surface area contributed by atoms with Crippen molar-refractivity contribution >= 4 is 0 Å². The van der Waals surface area contributed by atoms with Crippen molar-refractivity contribution in [1.82, 2.24) is 0 Å². The first kappa shape index (κ1) is 8.63. The van der Waals surface area contributed by atoms with E-state index >= 15 is 0 Å². The maximum absolute atomic E-state index is 9.11. The third kappa shape index (κ3) is 2.01. The van der Waals surface area contributed by atoms with Crippen LogP contribution in [-0.2, 0) is 0 Å². The van der Waals surface area contributed by atoms with E-state index in [0.29, 0.717) is 0 Å². The summed E-state index contributed by atoms with van der Waals surface area (Å²) in [5.41, 5.74) is 1.75. The van der Waals surface area contributed by atoms with Gasteiger partial charge in [0.25, 0.3) is 0 Å². The number of aryl methyl sites for hydroxylation is 1. The quantitative estimate of drug-likeness (QED) is 0.560. The van der Waals surface area contributed by atoms with Gasteiger partial charge in [-0.1, -0.05) is 17.9 Å². The third-order valence-electron chi connectivity index (χ3n) is 1.52. The first-order chi connectivity index (χ1) is 5.74. The molecule has 0 aliphatic carbocycles. The van der Waals surface area contributed by atoms with Gasteiger partial charge in [0.05, 0.1) is 0 Å². The van der Waals surface area contributed by atoms with Crippen molar-refractivity contribution in [3.8, 4) is 17.6 Å². The second-order valence-corrected chi connectivity index (χ2v) is 2.46. The molecule has 0 unspecified atom stereocenters. The fraction of sp³-hybridized carbons (Fsp3) is 0.200. The third-order valence-corrected chi connectivity index (χ3v) is 1.52. The summed E-state index contributed by atoms with van der Waals surface area (Å²) in [7, 11) is 0. The van der Waals surface area contributed by atoms with Crippen molar-refractivity contribution in [1.29, 1.82) is 0 Å². The van der Waals surface area contributed by atoms with Crippen molar-refractivity contribution in [3.05, 3.63) is 29.3 Å². The SMILES string of the molecule is Cc1ccc(O)cc1C#CCO. The highest BCUT2D eigenvalue weighted by Gasteiger charge is 1.94. The molecule has 0 saturated heterocycles. The van der Waals surface area contributed by atoms with Gasteiger partial charge in [0.15, 0.2) is 0 Å². The largest absolute Gasteiger partial charge is 0.508 e. The van der Waals surface area contributed by atoms with Crippen molar-refractivity contribution in [2.45, 2.75) is 6.92 Å². The zero-order valence-corrected chi connectivity index (χ0v) is 6.83. The maximum Gasteiger partial charge on any atom is 0.116 e. The topological polar surface area (TPSA) is 40.5 Å². The van der Waals surface area contributed by atoms with Crippen LogP contribution in [-0.4, -0.2) is 16.8 Å². The minimum absolute atomic E-state index is 0.158. The number of aliphatic hydroxyl groups excluding tert-OH is 1. The number of benzene rings is 1. The first-order valence-electron chi connectivity index (χ1n) is 3.63. The molecule has 2 heteroatoms. The molecule has 0 radical (unpaired) electrons. The monoisotopic (exact) mass is 162 g/mol. The van der Waals surface area contributed by atoms with Gasteiger partial charge in [-0.25, -0.2) is 0 Å². The van der Waals surface area contributed by atoms with E-state index < -0.39 is 0 Å². The molecule has 12 heavy (non-hydrogen) atoms. The fourth-order valence-electron chi connectivity index (χ4n) is 0.879. The van der Waals surface area contributed by atoms with Gasteiger partial charge >= 0.3 is 0 Å². The molecule has 1 aromatic rings. The van der Waals surface area contributed by atoms with Gasteiger partial charge in [-0.05, 0) is 24.6 Å². The van der Waals surface area contributed by atoms with Crippen LogP contribution in [0, 0.1) is 18.8 Å². The van der Waals surface area contributed by atoms with Crippen molar-refractivity contribution in [2.24, 2.45) is 0 Å². The molecule has 0 bridgehead atoms. The van der Waals surface area contributed by atoms with Gasteiger partial charge in [-0.2, -0.15) is 0 Å². The Kier molecular flexibility index (Phi) is 2.73. The summed E-state index contributed by atoms with van der Waals surface area (Å²) in [6.07, 6.45) is 0. The van der Waals surface area contributed by atoms with Crippen LogP contribution in [0.25, 0.3) is 0 Å². The zero-order valence-electron chi connectivity index (χ0n) is 6.83. The van der Waals surface area contributed by atoms with Crippen LogP contribution in [0.1, 0.15) is 11.1 Å². The van der Waals surface area contributed by atoms with Crippen LogP contribution in [0.15, 0.2) is 18.2 Å². The Labute approximate surface area is 71.5 Å². The lowest BCUT2D eigenvalue weighted by Gasteiger charge is -1.97. The normalized spacial score (nSPS) is 8.83. The highest BCUT2D eigenvalue weighted by molar-refractivity contribution is 5.44. The summed E-state index contributed by atoms with van der Waals surface area (Å²) in [5, 5.41) is 17.6. The molecule has 2 nitrogen and oxygen atoms in total. The summed E-state index contributed by atoms with van der Waals surface area (Å²) in [5.74, 6) is 5.47. The maximum atomic E-state index is 9.11. The molecule has 62 valence electrons. The van der Waals surface area contributed by atoms with Gasteiger partial charge in [-0.15, -0.1) is 0 Å². The predicted octanol–water partition coefficient (Wildman–Crippen LogP) is 1.04.